The molecule has 3 rings (SSSR count). The Bertz CT molecular complexity index is 716. The number of likely N-dealkylation sites (N-methyl/N-ethyl adjacent to an activating group) is 1. The van der Waals surface area contributed by atoms with Gasteiger partial charge in [0.05, 0.1) is 18.0 Å². The van der Waals surface area contributed by atoms with Crippen molar-refractivity contribution >= 4 is 28.9 Å². The third-order valence-corrected chi connectivity index (χ3v) is 3.99. The number of hydrogen-bond donors (Lipinski definition) is 0. The highest BCUT2D eigenvalue weighted by Crippen LogP contribution is 2.34. The number of nitrogens with zero attached hydrogens (tertiary/aromatic N) is 3. The maximum Gasteiger partial charge on any atom is 0.253 e. The van der Waals surface area contributed by atoms with E-state index in [1.807, 2.05) is 32.2 Å². The van der Waals surface area contributed by atoms with Crippen LogP contribution in [0.4, 0.5) is 11.4 Å². The summed E-state index contributed by atoms with van der Waals surface area (Å²) >= 11 is 6.07. The number of halogens is 1. The van der Waals surface area contributed by atoms with Crippen molar-refractivity contribution in [1.82, 2.24) is 5.16 Å². The number of carbonyl (C=O) groups is 1. The predicted octanol–water partition coefficient (Wildman–Crippen LogP) is 2.64. The van der Waals surface area contributed by atoms with Crippen molar-refractivity contribution in [2.75, 3.05) is 36.5 Å². The van der Waals surface area contributed by atoms with Crippen LogP contribution in [0.5, 0.6) is 0 Å². The van der Waals surface area contributed by atoms with Gasteiger partial charge < -0.3 is 19.1 Å². The number of carbonyl (C=O) groups excluding carboxylic acids is 1. The molecule has 1 aromatic carbocycles. The molecule has 0 aliphatic carbocycles. The molecule has 0 unspecified atom stereocenters. The van der Waals surface area contributed by atoms with Crippen LogP contribution >= 0.6 is 11.6 Å². The highest BCUT2D eigenvalue weighted by Gasteiger charge is 2.25. The van der Waals surface area contributed by atoms with Crippen LogP contribution in [0.15, 0.2) is 28.8 Å². The van der Waals surface area contributed by atoms with Crippen LogP contribution in [0.2, 0.25) is 5.02 Å². The van der Waals surface area contributed by atoms with Gasteiger partial charge in [-0.3, -0.25) is 4.79 Å². The van der Waals surface area contributed by atoms with Crippen molar-refractivity contribution in [3.8, 4) is 0 Å². The Labute approximate surface area is 139 Å². The lowest BCUT2D eigenvalue weighted by atomic mass is 10.1. The van der Waals surface area contributed by atoms with E-state index in [-0.39, 0.29) is 19.1 Å². The molecule has 6 nitrogen and oxygen atoms in total. The van der Waals surface area contributed by atoms with Crippen LogP contribution in [0.1, 0.15) is 11.5 Å². The van der Waals surface area contributed by atoms with Crippen molar-refractivity contribution in [3.63, 3.8) is 0 Å². The first-order chi connectivity index (χ1) is 11.0. The number of anilines is 2. The lowest BCUT2D eigenvalue weighted by molar-refractivity contribution is -0.123. The molecule has 2 aromatic rings. The van der Waals surface area contributed by atoms with Crippen molar-refractivity contribution in [2.45, 2.75) is 13.5 Å². The maximum absolute atomic E-state index is 12.5. The minimum atomic E-state index is -0.0955. The third-order valence-electron chi connectivity index (χ3n) is 3.75. The molecular weight excluding hydrogens is 318 g/mol. The van der Waals surface area contributed by atoms with E-state index in [9.17, 15) is 4.79 Å². The van der Waals surface area contributed by atoms with Gasteiger partial charge in [-0.15, -0.1) is 0 Å². The van der Waals surface area contributed by atoms with Gasteiger partial charge in [0.15, 0.2) is 0 Å². The fourth-order valence-electron chi connectivity index (χ4n) is 2.59. The summed E-state index contributed by atoms with van der Waals surface area (Å²) in [5.74, 6) is 0.624. The minimum Gasteiger partial charge on any atom is -0.371 e. The number of amides is 1. The molecule has 0 spiro atoms. The van der Waals surface area contributed by atoms with E-state index in [1.165, 1.54) is 0 Å². The third kappa shape index (κ3) is 3.48. The van der Waals surface area contributed by atoms with Gasteiger partial charge in [-0.1, -0.05) is 16.8 Å². The summed E-state index contributed by atoms with van der Waals surface area (Å²) in [6, 6.07) is 7.35. The second-order valence-corrected chi connectivity index (χ2v) is 5.96. The molecule has 0 N–H and O–H groups in total. The number of fused-ring (bicyclic) bond motifs is 1. The van der Waals surface area contributed by atoms with Gasteiger partial charge in [0.25, 0.3) is 5.91 Å². The van der Waals surface area contributed by atoms with Crippen LogP contribution in [0.25, 0.3) is 0 Å². The quantitative estimate of drug-likeness (QED) is 0.859. The molecule has 2 heterocycles. The average molecular weight is 336 g/mol. The second-order valence-electron chi connectivity index (χ2n) is 5.52. The number of aromatic nitrogens is 1. The minimum absolute atomic E-state index is 0.0123. The zero-order valence-corrected chi connectivity index (χ0v) is 13.8. The molecule has 0 saturated heterocycles. The van der Waals surface area contributed by atoms with E-state index in [4.69, 9.17) is 20.9 Å². The molecule has 0 radical (unpaired) electrons. The lowest BCUT2D eigenvalue weighted by Gasteiger charge is -2.35. The highest BCUT2D eigenvalue weighted by molar-refractivity contribution is 6.31. The van der Waals surface area contributed by atoms with Crippen molar-refractivity contribution in [3.05, 3.63) is 40.7 Å². The molecule has 0 saturated carbocycles. The zero-order valence-electron chi connectivity index (χ0n) is 13.1. The topological polar surface area (TPSA) is 58.8 Å². The van der Waals surface area contributed by atoms with Crippen LogP contribution in [0.3, 0.4) is 0 Å². The molecule has 0 fully saturated rings. The zero-order chi connectivity index (χ0) is 16.4. The van der Waals surface area contributed by atoms with Gasteiger partial charge in [-0.2, -0.15) is 0 Å². The molecule has 122 valence electrons. The molecule has 23 heavy (non-hydrogen) atoms. The smallest absolute Gasteiger partial charge is 0.253 e. The Morgan fingerprint density at radius 2 is 2.17 bits per heavy atom. The number of hydrogen-bond acceptors (Lipinski definition) is 5. The molecule has 1 aromatic heterocycles. The summed E-state index contributed by atoms with van der Waals surface area (Å²) in [6.07, 6.45) is 0. The van der Waals surface area contributed by atoms with E-state index in [0.717, 1.165) is 23.7 Å². The summed E-state index contributed by atoms with van der Waals surface area (Å²) in [7, 11) is 2.00. The molecule has 7 heteroatoms. The van der Waals surface area contributed by atoms with E-state index < -0.39 is 0 Å². The molecule has 1 aliphatic heterocycles. The summed E-state index contributed by atoms with van der Waals surface area (Å²) < 4.78 is 10.4. The molecule has 0 bridgehead atoms. The number of ether oxygens (including phenoxy) is 1. The fraction of sp³-hybridized carbons (Fsp3) is 0.375. The molecular formula is C16H18ClN3O3. The van der Waals surface area contributed by atoms with E-state index in [1.54, 1.807) is 11.0 Å². The Kier molecular flexibility index (Phi) is 4.54. The SMILES string of the molecule is Cc1cc(COCC(=O)N2CCN(C)c3ccc(Cl)cc32)no1. The first-order valence-electron chi connectivity index (χ1n) is 7.35. The first-order valence-corrected chi connectivity index (χ1v) is 7.73. The number of rotatable bonds is 4. The Balaban J connectivity index is 1.66. The lowest BCUT2D eigenvalue weighted by Crippen LogP contribution is -2.44. The number of aryl methyl sites for hydroxylation is 1. The summed E-state index contributed by atoms with van der Waals surface area (Å²) in [4.78, 5) is 16.3. The number of benzene rings is 1. The largest absolute Gasteiger partial charge is 0.371 e. The summed E-state index contributed by atoms with van der Waals surface area (Å²) in [5, 5.41) is 4.44. The fourth-order valence-corrected chi connectivity index (χ4v) is 2.76. The van der Waals surface area contributed by atoms with Gasteiger partial charge >= 0.3 is 0 Å². The standard InChI is InChI=1S/C16H18ClN3O3/c1-11-7-13(18-23-11)9-22-10-16(21)20-6-5-19(2)14-4-3-12(17)8-15(14)20/h3-4,7-8H,5-6,9-10H2,1-2H3. The van der Waals surface area contributed by atoms with Gasteiger partial charge in [0.1, 0.15) is 18.1 Å². The molecule has 0 atom stereocenters. The Hall–Kier alpha value is -2.05. The van der Waals surface area contributed by atoms with E-state index >= 15 is 0 Å². The average Bonchev–Trinajstić information content (AvgIpc) is 2.93. The van der Waals surface area contributed by atoms with E-state index in [0.29, 0.717) is 17.3 Å². The monoisotopic (exact) mass is 335 g/mol. The predicted molar refractivity (Wildman–Crippen MR) is 88.0 cm³/mol. The normalized spacial score (nSPS) is 14.0. The van der Waals surface area contributed by atoms with Crippen molar-refractivity contribution in [2.24, 2.45) is 0 Å². The Morgan fingerprint density at radius 1 is 1.35 bits per heavy atom. The van der Waals surface area contributed by atoms with Gasteiger partial charge in [-0.25, -0.2) is 0 Å². The van der Waals surface area contributed by atoms with Gasteiger partial charge in [0.2, 0.25) is 0 Å². The van der Waals surface area contributed by atoms with Gasteiger partial charge in [0, 0.05) is 31.2 Å². The van der Waals surface area contributed by atoms with Crippen molar-refractivity contribution in [1.29, 1.82) is 0 Å². The van der Waals surface area contributed by atoms with Crippen LogP contribution in [0, 0.1) is 6.92 Å². The Morgan fingerprint density at radius 3 is 2.91 bits per heavy atom. The maximum atomic E-state index is 12.5. The molecule has 1 aliphatic rings. The summed E-state index contributed by atoms with van der Waals surface area (Å²) in [5.41, 5.74) is 2.48. The van der Waals surface area contributed by atoms with Crippen LogP contribution in [-0.4, -0.2) is 37.8 Å². The van der Waals surface area contributed by atoms with Crippen LogP contribution in [-0.2, 0) is 16.1 Å². The second kappa shape index (κ2) is 6.60. The summed E-state index contributed by atoms with van der Waals surface area (Å²) in [6.45, 7) is 3.42. The first kappa shape index (κ1) is 15.8. The van der Waals surface area contributed by atoms with Gasteiger partial charge in [-0.05, 0) is 25.1 Å². The van der Waals surface area contributed by atoms with Crippen molar-refractivity contribution < 1.29 is 14.1 Å². The molecule has 1 amide bonds. The van der Waals surface area contributed by atoms with E-state index in [2.05, 4.69) is 10.1 Å². The highest BCUT2D eigenvalue weighted by atomic mass is 35.5. The van der Waals surface area contributed by atoms with Crippen LogP contribution < -0.4 is 9.80 Å².